The fourth-order valence-corrected chi connectivity index (χ4v) is 1.84. The Bertz CT molecular complexity index is 592. The Balaban J connectivity index is 2.23. The number of aromatic amines is 1. The van der Waals surface area contributed by atoms with Crippen LogP contribution in [0, 0.1) is 0 Å². The average molecular weight is 287 g/mol. The highest BCUT2D eigenvalue weighted by Gasteiger charge is 2.12. The summed E-state index contributed by atoms with van der Waals surface area (Å²) in [6, 6.07) is 3.58. The molecule has 0 aliphatic carbocycles. The van der Waals surface area contributed by atoms with Gasteiger partial charge in [-0.15, -0.1) is 0 Å². The van der Waals surface area contributed by atoms with Crippen LogP contribution in [0.5, 0.6) is 0 Å². The molecular weight excluding hydrogens is 266 g/mol. The third-order valence-electron chi connectivity index (χ3n) is 2.99. The normalized spacial score (nSPS) is 10.7. The molecule has 0 aliphatic rings. The Morgan fingerprint density at radius 1 is 1.38 bits per heavy atom. The number of aromatic nitrogens is 3. The molecule has 2 aromatic rings. The maximum atomic E-state index is 12.3. The maximum absolute atomic E-state index is 12.3. The van der Waals surface area contributed by atoms with Gasteiger partial charge in [-0.3, -0.25) is 10.1 Å². The van der Waals surface area contributed by atoms with E-state index in [1.54, 1.807) is 18.5 Å². The van der Waals surface area contributed by atoms with Crippen molar-refractivity contribution in [2.75, 3.05) is 17.2 Å². The number of amides is 1. The van der Waals surface area contributed by atoms with Crippen molar-refractivity contribution in [2.45, 2.75) is 33.1 Å². The van der Waals surface area contributed by atoms with Crippen LogP contribution < -0.4 is 10.6 Å². The molecule has 2 aromatic heterocycles. The largest absolute Gasteiger partial charge is 0.370 e. The number of rotatable bonds is 6. The van der Waals surface area contributed by atoms with Gasteiger partial charge in [-0.05, 0) is 24.5 Å². The topological polar surface area (TPSA) is 82.7 Å². The predicted octanol–water partition coefficient (Wildman–Crippen LogP) is 3.00. The van der Waals surface area contributed by atoms with E-state index in [4.69, 9.17) is 0 Å². The minimum absolute atomic E-state index is 0.200. The summed E-state index contributed by atoms with van der Waals surface area (Å²) >= 11 is 0. The Morgan fingerprint density at radius 2 is 2.19 bits per heavy atom. The van der Waals surface area contributed by atoms with Crippen LogP contribution in [0.15, 0.2) is 24.5 Å². The molecule has 3 N–H and O–H groups in total. The molecule has 6 nitrogen and oxygen atoms in total. The van der Waals surface area contributed by atoms with E-state index in [2.05, 4.69) is 46.4 Å². The lowest BCUT2D eigenvalue weighted by Gasteiger charge is -2.12. The van der Waals surface area contributed by atoms with E-state index in [9.17, 15) is 4.79 Å². The molecular formula is C15H21N5O. The van der Waals surface area contributed by atoms with Crippen LogP contribution in [0.1, 0.15) is 49.2 Å². The third kappa shape index (κ3) is 4.05. The van der Waals surface area contributed by atoms with Gasteiger partial charge in [0.05, 0.1) is 0 Å². The fourth-order valence-electron chi connectivity index (χ4n) is 1.84. The van der Waals surface area contributed by atoms with E-state index in [0.717, 1.165) is 24.5 Å². The minimum Gasteiger partial charge on any atom is -0.370 e. The summed E-state index contributed by atoms with van der Waals surface area (Å²) < 4.78 is 0. The molecule has 112 valence electrons. The van der Waals surface area contributed by atoms with Gasteiger partial charge >= 0.3 is 0 Å². The minimum atomic E-state index is -0.200. The van der Waals surface area contributed by atoms with Crippen molar-refractivity contribution in [2.24, 2.45) is 0 Å². The lowest BCUT2D eigenvalue weighted by molar-refractivity contribution is 0.102. The number of nitrogens with one attached hydrogen (secondary N) is 3. The highest BCUT2D eigenvalue weighted by atomic mass is 16.1. The number of hydrogen-bond acceptors (Lipinski definition) is 4. The lowest BCUT2D eigenvalue weighted by atomic mass is 10.1. The van der Waals surface area contributed by atoms with Crippen molar-refractivity contribution in [1.29, 1.82) is 0 Å². The summed E-state index contributed by atoms with van der Waals surface area (Å²) in [6.07, 6.45) is 4.26. The van der Waals surface area contributed by atoms with Crippen LogP contribution in [0.2, 0.25) is 0 Å². The maximum Gasteiger partial charge on any atom is 0.258 e. The standard InChI is InChI=1S/C15H21N5O/c1-4-5-16-13-9-11(8-12(19-13)10(2)3)14(21)20-15-17-6-7-18-15/h6-10H,4-5H2,1-3H3,(H,16,19)(H2,17,18,20,21). The molecule has 0 saturated carbocycles. The van der Waals surface area contributed by atoms with Crippen LogP contribution in [-0.4, -0.2) is 27.4 Å². The van der Waals surface area contributed by atoms with Gasteiger partial charge < -0.3 is 10.3 Å². The number of imidazole rings is 1. The number of nitrogens with zero attached hydrogens (tertiary/aromatic N) is 2. The van der Waals surface area contributed by atoms with Crippen LogP contribution >= 0.6 is 0 Å². The Labute approximate surface area is 124 Å². The van der Waals surface area contributed by atoms with Crippen molar-refractivity contribution in [3.05, 3.63) is 35.8 Å². The molecule has 2 heterocycles. The van der Waals surface area contributed by atoms with E-state index < -0.39 is 0 Å². The quantitative estimate of drug-likeness (QED) is 0.762. The first kappa shape index (κ1) is 15.0. The highest BCUT2D eigenvalue weighted by Crippen LogP contribution is 2.18. The number of pyridine rings is 1. The molecule has 0 bridgehead atoms. The molecule has 2 rings (SSSR count). The van der Waals surface area contributed by atoms with Crippen molar-refractivity contribution < 1.29 is 4.79 Å². The van der Waals surface area contributed by atoms with E-state index in [0.29, 0.717) is 11.5 Å². The SMILES string of the molecule is CCCNc1cc(C(=O)Nc2ncc[nH]2)cc(C(C)C)n1. The van der Waals surface area contributed by atoms with Gasteiger partial charge in [0.15, 0.2) is 0 Å². The number of carbonyl (C=O) groups excluding carboxylic acids is 1. The van der Waals surface area contributed by atoms with Crippen molar-refractivity contribution in [3.63, 3.8) is 0 Å². The number of hydrogen-bond donors (Lipinski definition) is 3. The average Bonchev–Trinajstić information content (AvgIpc) is 2.97. The molecule has 0 atom stereocenters. The first-order valence-electron chi connectivity index (χ1n) is 7.16. The number of carbonyl (C=O) groups is 1. The summed E-state index contributed by atoms with van der Waals surface area (Å²) in [5.74, 6) is 1.22. The van der Waals surface area contributed by atoms with Crippen LogP contribution in [0.3, 0.4) is 0 Å². The summed E-state index contributed by atoms with van der Waals surface area (Å²) in [4.78, 5) is 23.7. The first-order valence-corrected chi connectivity index (χ1v) is 7.16. The van der Waals surface area contributed by atoms with Gasteiger partial charge in [0.1, 0.15) is 5.82 Å². The molecule has 0 unspecified atom stereocenters. The summed E-state index contributed by atoms with van der Waals surface area (Å²) in [7, 11) is 0. The zero-order valence-corrected chi connectivity index (χ0v) is 12.6. The van der Waals surface area contributed by atoms with Gasteiger partial charge in [0.25, 0.3) is 5.91 Å². The molecule has 6 heteroatoms. The molecule has 0 radical (unpaired) electrons. The first-order chi connectivity index (χ1) is 10.1. The van der Waals surface area contributed by atoms with Gasteiger partial charge in [0.2, 0.25) is 5.95 Å². The van der Waals surface area contributed by atoms with Crippen LogP contribution in [0.25, 0.3) is 0 Å². The Kier molecular flexibility index (Phi) is 4.92. The van der Waals surface area contributed by atoms with Gasteiger partial charge in [-0.25, -0.2) is 9.97 Å². The number of H-pyrrole nitrogens is 1. The van der Waals surface area contributed by atoms with Gasteiger partial charge in [-0.2, -0.15) is 0 Å². The van der Waals surface area contributed by atoms with Crippen LogP contribution in [0.4, 0.5) is 11.8 Å². The van der Waals surface area contributed by atoms with E-state index in [1.165, 1.54) is 0 Å². The highest BCUT2D eigenvalue weighted by molar-refractivity contribution is 6.03. The van der Waals surface area contributed by atoms with Gasteiger partial charge in [-0.1, -0.05) is 20.8 Å². The van der Waals surface area contributed by atoms with Gasteiger partial charge in [0, 0.05) is 30.2 Å². The lowest BCUT2D eigenvalue weighted by Crippen LogP contribution is -2.15. The predicted molar refractivity (Wildman–Crippen MR) is 83.6 cm³/mol. The molecule has 0 aromatic carbocycles. The summed E-state index contributed by atoms with van der Waals surface area (Å²) in [5.41, 5.74) is 1.46. The second-order valence-corrected chi connectivity index (χ2v) is 5.14. The Hall–Kier alpha value is -2.37. The Morgan fingerprint density at radius 3 is 2.81 bits per heavy atom. The molecule has 0 aliphatic heterocycles. The summed E-state index contributed by atoms with van der Waals surface area (Å²) in [6.45, 7) is 7.03. The summed E-state index contributed by atoms with van der Waals surface area (Å²) in [5, 5.41) is 5.96. The second kappa shape index (κ2) is 6.88. The zero-order chi connectivity index (χ0) is 15.2. The van der Waals surface area contributed by atoms with Crippen LogP contribution in [-0.2, 0) is 0 Å². The fraction of sp³-hybridized carbons (Fsp3) is 0.400. The smallest absolute Gasteiger partial charge is 0.258 e. The molecule has 1 amide bonds. The molecule has 0 fully saturated rings. The third-order valence-corrected chi connectivity index (χ3v) is 2.99. The zero-order valence-electron chi connectivity index (χ0n) is 12.6. The molecule has 21 heavy (non-hydrogen) atoms. The van der Waals surface area contributed by atoms with E-state index in [1.807, 2.05) is 6.07 Å². The van der Waals surface area contributed by atoms with E-state index >= 15 is 0 Å². The van der Waals surface area contributed by atoms with Crippen molar-refractivity contribution >= 4 is 17.7 Å². The van der Waals surface area contributed by atoms with Crippen molar-refractivity contribution in [1.82, 2.24) is 15.0 Å². The van der Waals surface area contributed by atoms with E-state index in [-0.39, 0.29) is 11.8 Å². The number of anilines is 2. The van der Waals surface area contributed by atoms with Crippen molar-refractivity contribution in [3.8, 4) is 0 Å². The molecule has 0 spiro atoms. The monoisotopic (exact) mass is 287 g/mol. The second-order valence-electron chi connectivity index (χ2n) is 5.14. The molecule has 0 saturated heterocycles.